The lowest BCUT2D eigenvalue weighted by Gasteiger charge is -2.05. The van der Waals surface area contributed by atoms with Crippen LogP contribution in [0.4, 0.5) is 5.13 Å². The van der Waals surface area contributed by atoms with E-state index in [1.807, 2.05) is 27.9 Å². The first-order valence-electron chi connectivity index (χ1n) is 13.4. The number of anilines is 1. The van der Waals surface area contributed by atoms with Crippen LogP contribution in [0.25, 0.3) is 11.3 Å². The van der Waals surface area contributed by atoms with E-state index in [2.05, 4.69) is 73.0 Å². The molecule has 0 bridgehead atoms. The van der Waals surface area contributed by atoms with Crippen molar-refractivity contribution in [3.8, 4) is 11.3 Å². The molecule has 0 spiro atoms. The van der Waals surface area contributed by atoms with Crippen molar-refractivity contribution in [2.45, 2.75) is 73.6 Å². The fourth-order valence-electron chi connectivity index (χ4n) is 3.15. The SMILES string of the molecule is CC.CCCCCC(C)CC.CNc1nc(-c2cccc(C)c2)cs1.Cn1ccc(C(=O)NCC=O)c1. The van der Waals surface area contributed by atoms with Gasteiger partial charge in [0, 0.05) is 37.4 Å². The smallest absolute Gasteiger partial charge is 0.253 e. The number of carbonyl (C=O) groups is 2. The Morgan fingerprint density at radius 2 is 1.92 bits per heavy atom. The lowest BCUT2D eigenvalue weighted by molar-refractivity contribution is -0.107. The van der Waals surface area contributed by atoms with Crippen molar-refractivity contribution in [2.24, 2.45) is 13.0 Å². The minimum atomic E-state index is -0.220. The van der Waals surface area contributed by atoms with E-state index in [-0.39, 0.29) is 12.5 Å². The van der Waals surface area contributed by atoms with Crippen molar-refractivity contribution in [2.75, 3.05) is 18.9 Å². The highest BCUT2D eigenvalue weighted by Crippen LogP contribution is 2.24. The van der Waals surface area contributed by atoms with Gasteiger partial charge in [-0.1, -0.05) is 90.5 Å². The number of thiazole rings is 1. The van der Waals surface area contributed by atoms with E-state index in [0.717, 1.165) is 16.7 Å². The Balaban J connectivity index is 0.000000521. The standard InChI is InChI=1S/C11H12N2S.C9H20.C8H10N2O2.C2H6/c1-8-4-3-5-9(6-8)10-7-14-11(12-2)13-10;1-4-6-7-8-9(3)5-2;1-10-4-2-7(6-10)8(12)9-3-5-11;1-2/h3-7H,1-2H3,(H,12,13);9H,4-8H2,1-3H3;2,4-6H,3H2,1H3,(H,9,12);1-2H3. The molecule has 1 aromatic carbocycles. The summed E-state index contributed by atoms with van der Waals surface area (Å²) in [6, 6.07) is 10.1. The third kappa shape index (κ3) is 15.0. The van der Waals surface area contributed by atoms with Crippen molar-refractivity contribution in [3.05, 3.63) is 59.2 Å². The zero-order valence-electron chi connectivity index (χ0n) is 24.1. The van der Waals surface area contributed by atoms with Crippen LogP contribution in [-0.2, 0) is 11.8 Å². The largest absolute Gasteiger partial charge is 0.365 e. The number of aryl methyl sites for hydroxylation is 2. The second-order valence-corrected chi connectivity index (χ2v) is 9.47. The monoisotopic (exact) mass is 528 g/mol. The van der Waals surface area contributed by atoms with Crippen LogP contribution in [0.2, 0.25) is 0 Å². The Labute approximate surface area is 228 Å². The molecule has 2 N–H and O–H groups in total. The molecule has 0 aliphatic rings. The quantitative estimate of drug-likeness (QED) is 0.208. The van der Waals surface area contributed by atoms with Crippen molar-refractivity contribution < 1.29 is 9.59 Å². The molecule has 0 saturated carbocycles. The average Bonchev–Trinajstić information content (AvgIpc) is 3.58. The summed E-state index contributed by atoms with van der Waals surface area (Å²) in [4.78, 5) is 25.5. The molecular weight excluding hydrogens is 480 g/mol. The van der Waals surface area contributed by atoms with E-state index in [9.17, 15) is 9.59 Å². The van der Waals surface area contributed by atoms with Gasteiger partial charge in [-0.05, 0) is 25.0 Å². The van der Waals surface area contributed by atoms with E-state index in [4.69, 9.17) is 0 Å². The van der Waals surface area contributed by atoms with Crippen LogP contribution in [0.3, 0.4) is 0 Å². The van der Waals surface area contributed by atoms with Crippen LogP contribution in [-0.4, -0.2) is 35.3 Å². The Bertz CT molecular complexity index is 997. The van der Waals surface area contributed by atoms with Crippen LogP contribution in [0.1, 0.15) is 82.6 Å². The molecule has 206 valence electrons. The van der Waals surface area contributed by atoms with E-state index < -0.39 is 0 Å². The molecule has 6 nitrogen and oxygen atoms in total. The number of aldehydes is 1. The van der Waals surface area contributed by atoms with E-state index in [1.165, 1.54) is 43.2 Å². The Morgan fingerprint density at radius 1 is 1.19 bits per heavy atom. The summed E-state index contributed by atoms with van der Waals surface area (Å²) >= 11 is 1.63. The molecule has 37 heavy (non-hydrogen) atoms. The molecular formula is C30H48N4O2S. The predicted molar refractivity (Wildman–Crippen MR) is 161 cm³/mol. The number of unbranched alkanes of at least 4 members (excludes halogenated alkanes) is 2. The number of benzene rings is 1. The number of hydrogen-bond acceptors (Lipinski definition) is 5. The highest BCUT2D eigenvalue weighted by Gasteiger charge is 2.04. The second kappa shape index (κ2) is 21.2. The molecule has 1 atom stereocenters. The summed E-state index contributed by atoms with van der Waals surface area (Å²) in [5.41, 5.74) is 4.06. The first-order chi connectivity index (χ1) is 17.8. The molecule has 0 aliphatic carbocycles. The third-order valence-electron chi connectivity index (χ3n) is 5.47. The Hall–Kier alpha value is -2.93. The molecule has 2 heterocycles. The highest BCUT2D eigenvalue weighted by atomic mass is 32.1. The zero-order chi connectivity index (χ0) is 28.1. The van der Waals surface area contributed by atoms with Gasteiger partial charge in [0.05, 0.1) is 17.8 Å². The molecule has 3 rings (SSSR count). The lowest BCUT2D eigenvalue weighted by atomic mass is 10.0. The summed E-state index contributed by atoms with van der Waals surface area (Å²) in [5, 5.41) is 8.51. The summed E-state index contributed by atoms with van der Waals surface area (Å²) in [7, 11) is 3.72. The molecule has 1 unspecified atom stereocenters. The van der Waals surface area contributed by atoms with Crippen molar-refractivity contribution in [1.29, 1.82) is 0 Å². The number of amides is 1. The summed E-state index contributed by atoms with van der Waals surface area (Å²) in [6.45, 7) is 13.0. The van der Waals surface area contributed by atoms with Crippen LogP contribution >= 0.6 is 11.3 Å². The third-order valence-corrected chi connectivity index (χ3v) is 6.33. The van der Waals surface area contributed by atoms with Crippen molar-refractivity contribution >= 4 is 28.7 Å². The topological polar surface area (TPSA) is 76.0 Å². The maximum atomic E-state index is 11.1. The molecule has 1 amide bonds. The van der Waals surface area contributed by atoms with Gasteiger partial charge in [0.1, 0.15) is 6.29 Å². The number of nitrogens with one attached hydrogen (secondary N) is 2. The van der Waals surface area contributed by atoms with Crippen LogP contribution in [0, 0.1) is 12.8 Å². The highest BCUT2D eigenvalue weighted by molar-refractivity contribution is 7.14. The first kappa shape index (κ1) is 34.1. The Kier molecular flexibility index (Phi) is 19.5. The molecule has 0 aliphatic heterocycles. The van der Waals surface area contributed by atoms with E-state index in [1.54, 1.807) is 34.4 Å². The summed E-state index contributed by atoms with van der Waals surface area (Å²) < 4.78 is 1.77. The van der Waals surface area contributed by atoms with Gasteiger partial charge < -0.3 is 20.0 Å². The van der Waals surface area contributed by atoms with E-state index in [0.29, 0.717) is 11.8 Å². The number of aromatic nitrogens is 2. The first-order valence-corrected chi connectivity index (χ1v) is 14.3. The zero-order valence-corrected chi connectivity index (χ0v) is 25.0. The number of rotatable bonds is 10. The maximum Gasteiger partial charge on any atom is 0.253 e. The van der Waals surface area contributed by atoms with Gasteiger partial charge in [-0.3, -0.25) is 4.79 Å². The van der Waals surface area contributed by atoms with Gasteiger partial charge in [0.15, 0.2) is 5.13 Å². The van der Waals surface area contributed by atoms with Gasteiger partial charge in [-0.2, -0.15) is 0 Å². The van der Waals surface area contributed by atoms with Crippen molar-refractivity contribution in [1.82, 2.24) is 14.9 Å². The molecule has 7 heteroatoms. The predicted octanol–water partition coefficient (Wildman–Crippen LogP) is 7.75. The minimum Gasteiger partial charge on any atom is -0.365 e. The van der Waals surface area contributed by atoms with Crippen LogP contribution in [0.5, 0.6) is 0 Å². The number of nitrogens with zero attached hydrogens (tertiary/aromatic N) is 2. The van der Waals surface area contributed by atoms with Gasteiger partial charge in [-0.15, -0.1) is 11.3 Å². The lowest BCUT2D eigenvalue weighted by Crippen LogP contribution is -2.24. The van der Waals surface area contributed by atoms with Gasteiger partial charge in [0.2, 0.25) is 0 Å². The molecule has 3 aromatic rings. The number of hydrogen-bond donors (Lipinski definition) is 2. The fourth-order valence-corrected chi connectivity index (χ4v) is 3.83. The van der Waals surface area contributed by atoms with Crippen LogP contribution in [0.15, 0.2) is 48.1 Å². The summed E-state index contributed by atoms with van der Waals surface area (Å²) in [6.07, 6.45) is 11.1. The van der Waals surface area contributed by atoms with Gasteiger partial charge in [0.25, 0.3) is 5.91 Å². The van der Waals surface area contributed by atoms with E-state index >= 15 is 0 Å². The molecule has 0 fully saturated rings. The summed E-state index contributed by atoms with van der Waals surface area (Å²) in [5.74, 6) is 0.735. The van der Waals surface area contributed by atoms with Gasteiger partial charge in [-0.25, -0.2) is 4.98 Å². The maximum absolute atomic E-state index is 11.1. The van der Waals surface area contributed by atoms with Gasteiger partial charge >= 0.3 is 0 Å². The fraction of sp³-hybridized carbons (Fsp3) is 0.500. The Morgan fingerprint density at radius 3 is 2.43 bits per heavy atom. The molecule has 2 aromatic heterocycles. The van der Waals surface area contributed by atoms with Crippen LogP contribution < -0.4 is 10.6 Å². The minimum absolute atomic E-state index is 0.0632. The molecule has 0 radical (unpaired) electrons. The normalized spacial score (nSPS) is 10.4. The second-order valence-electron chi connectivity index (χ2n) is 8.61. The molecule has 0 saturated heterocycles. The van der Waals surface area contributed by atoms with Crippen molar-refractivity contribution in [3.63, 3.8) is 0 Å². The average molecular weight is 529 g/mol. The number of carbonyl (C=O) groups excluding carboxylic acids is 2.